The molecule has 0 saturated carbocycles. The SMILES string of the molecule is C=C(C)COCC(CCl)CCCCCC. The van der Waals surface area contributed by atoms with Crippen LogP contribution in [0.25, 0.3) is 0 Å². The number of ether oxygens (including phenoxy) is 1. The number of halogens is 1. The van der Waals surface area contributed by atoms with E-state index in [1.54, 1.807) is 0 Å². The molecule has 0 aromatic carbocycles. The van der Waals surface area contributed by atoms with Crippen LogP contribution in [0.4, 0.5) is 0 Å². The molecule has 0 aromatic heterocycles. The summed E-state index contributed by atoms with van der Waals surface area (Å²) in [5, 5.41) is 0. The third-order valence-electron chi connectivity index (χ3n) is 2.39. The molecule has 0 aliphatic heterocycles. The third-order valence-corrected chi connectivity index (χ3v) is 2.82. The summed E-state index contributed by atoms with van der Waals surface area (Å²) >= 11 is 5.89. The summed E-state index contributed by atoms with van der Waals surface area (Å²) < 4.78 is 5.52. The first-order chi connectivity index (χ1) is 7.20. The van der Waals surface area contributed by atoms with Crippen LogP contribution in [0.15, 0.2) is 12.2 Å². The molecule has 0 rings (SSSR count). The maximum absolute atomic E-state index is 5.89. The third kappa shape index (κ3) is 10.3. The van der Waals surface area contributed by atoms with Gasteiger partial charge in [-0.2, -0.15) is 0 Å². The molecule has 1 atom stereocenters. The van der Waals surface area contributed by atoms with Crippen molar-refractivity contribution >= 4 is 11.6 Å². The number of hydrogen-bond donors (Lipinski definition) is 0. The van der Waals surface area contributed by atoms with Gasteiger partial charge in [-0.1, -0.05) is 44.8 Å². The van der Waals surface area contributed by atoms with Crippen LogP contribution in [0, 0.1) is 5.92 Å². The van der Waals surface area contributed by atoms with Crippen molar-refractivity contribution in [2.45, 2.75) is 46.0 Å². The molecule has 0 heterocycles. The van der Waals surface area contributed by atoms with Crippen LogP contribution in [0.1, 0.15) is 46.0 Å². The van der Waals surface area contributed by atoms with E-state index < -0.39 is 0 Å². The fraction of sp³-hybridized carbons (Fsp3) is 0.846. The Labute approximate surface area is 99.8 Å². The molecule has 0 aliphatic rings. The Morgan fingerprint density at radius 3 is 2.60 bits per heavy atom. The molecule has 0 fully saturated rings. The highest BCUT2D eigenvalue weighted by atomic mass is 35.5. The monoisotopic (exact) mass is 232 g/mol. The van der Waals surface area contributed by atoms with E-state index in [9.17, 15) is 0 Å². The second-order valence-corrected chi connectivity index (χ2v) is 4.65. The zero-order valence-corrected chi connectivity index (χ0v) is 11.0. The Hall–Kier alpha value is -0.0100. The Morgan fingerprint density at radius 2 is 2.07 bits per heavy atom. The topological polar surface area (TPSA) is 9.23 Å². The lowest BCUT2D eigenvalue weighted by molar-refractivity contribution is 0.121. The predicted molar refractivity (Wildman–Crippen MR) is 68.6 cm³/mol. The average molecular weight is 233 g/mol. The van der Waals surface area contributed by atoms with E-state index in [0.29, 0.717) is 18.4 Å². The Kier molecular flexibility index (Phi) is 10.5. The zero-order chi connectivity index (χ0) is 11.5. The van der Waals surface area contributed by atoms with Crippen molar-refractivity contribution in [3.8, 4) is 0 Å². The first kappa shape index (κ1) is 15.0. The van der Waals surface area contributed by atoms with Gasteiger partial charge in [-0.15, -0.1) is 11.6 Å². The van der Waals surface area contributed by atoms with Crippen LogP contribution < -0.4 is 0 Å². The fourth-order valence-corrected chi connectivity index (χ4v) is 1.71. The summed E-state index contributed by atoms with van der Waals surface area (Å²) in [5.74, 6) is 1.23. The van der Waals surface area contributed by atoms with Gasteiger partial charge in [0.1, 0.15) is 0 Å². The van der Waals surface area contributed by atoms with Crippen molar-refractivity contribution in [3.63, 3.8) is 0 Å². The number of hydrogen-bond acceptors (Lipinski definition) is 1. The summed E-state index contributed by atoms with van der Waals surface area (Å²) in [6, 6.07) is 0. The van der Waals surface area contributed by atoms with Gasteiger partial charge in [0.15, 0.2) is 0 Å². The molecule has 1 unspecified atom stereocenters. The standard InChI is InChI=1S/C13H25ClO/c1-4-5-6-7-8-13(9-14)11-15-10-12(2)3/h13H,2,4-11H2,1,3H3. The first-order valence-electron chi connectivity index (χ1n) is 5.98. The minimum atomic E-state index is 0.517. The lowest BCUT2D eigenvalue weighted by Crippen LogP contribution is -2.12. The van der Waals surface area contributed by atoms with Crippen molar-refractivity contribution in [2.75, 3.05) is 19.1 Å². The summed E-state index contributed by atoms with van der Waals surface area (Å²) in [4.78, 5) is 0. The first-order valence-corrected chi connectivity index (χ1v) is 6.52. The quantitative estimate of drug-likeness (QED) is 0.308. The molecule has 1 nitrogen and oxygen atoms in total. The minimum absolute atomic E-state index is 0.517. The molecule has 0 aromatic rings. The lowest BCUT2D eigenvalue weighted by atomic mass is 10.0. The highest BCUT2D eigenvalue weighted by Crippen LogP contribution is 2.13. The van der Waals surface area contributed by atoms with Crippen molar-refractivity contribution < 1.29 is 4.74 Å². The molecule has 0 saturated heterocycles. The van der Waals surface area contributed by atoms with Gasteiger partial charge in [0.25, 0.3) is 0 Å². The summed E-state index contributed by atoms with van der Waals surface area (Å²) in [6.45, 7) is 9.47. The van der Waals surface area contributed by atoms with Crippen LogP contribution in [-0.4, -0.2) is 19.1 Å². The highest BCUT2D eigenvalue weighted by molar-refractivity contribution is 6.18. The Morgan fingerprint density at radius 1 is 1.33 bits per heavy atom. The second-order valence-electron chi connectivity index (χ2n) is 4.34. The van der Waals surface area contributed by atoms with Gasteiger partial charge in [0, 0.05) is 5.88 Å². The molecule has 0 amide bonds. The molecule has 90 valence electrons. The summed E-state index contributed by atoms with van der Waals surface area (Å²) in [5.41, 5.74) is 1.08. The van der Waals surface area contributed by atoms with Crippen LogP contribution in [0.3, 0.4) is 0 Å². The number of unbranched alkanes of at least 4 members (excludes halogenated alkanes) is 3. The van der Waals surface area contributed by atoms with E-state index in [2.05, 4.69) is 13.5 Å². The highest BCUT2D eigenvalue weighted by Gasteiger charge is 2.07. The molecule has 0 N–H and O–H groups in total. The van der Waals surface area contributed by atoms with Crippen molar-refractivity contribution in [1.29, 1.82) is 0 Å². The van der Waals surface area contributed by atoms with Gasteiger partial charge in [-0.3, -0.25) is 0 Å². The number of rotatable bonds is 10. The maximum Gasteiger partial charge on any atom is 0.0671 e. The Balaban J connectivity index is 3.41. The average Bonchev–Trinajstić information content (AvgIpc) is 2.21. The van der Waals surface area contributed by atoms with Crippen LogP contribution in [0.5, 0.6) is 0 Å². The fourth-order valence-electron chi connectivity index (χ4n) is 1.46. The molecule has 0 radical (unpaired) electrons. The van der Waals surface area contributed by atoms with Crippen molar-refractivity contribution in [3.05, 3.63) is 12.2 Å². The molecule has 0 bridgehead atoms. The van der Waals surface area contributed by atoms with Gasteiger partial charge in [-0.05, 0) is 19.3 Å². The molecule has 15 heavy (non-hydrogen) atoms. The van der Waals surface area contributed by atoms with Crippen LogP contribution >= 0.6 is 11.6 Å². The van der Waals surface area contributed by atoms with E-state index >= 15 is 0 Å². The van der Waals surface area contributed by atoms with Crippen LogP contribution in [-0.2, 0) is 4.74 Å². The van der Waals surface area contributed by atoms with Gasteiger partial charge in [0.05, 0.1) is 13.2 Å². The van der Waals surface area contributed by atoms with Gasteiger partial charge >= 0.3 is 0 Å². The predicted octanol–water partition coefficient (Wildman–Crippen LogP) is 4.40. The molecule has 2 heteroatoms. The molecular weight excluding hydrogens is 208 g/mol. The lowest BCUT2D eigenvalue weighted by Gasteiger charge is -2.13. The van der Waals surface area contributed by atoms with Gasteiger partial charge in [-0.25, -0.2) is 0 Å². The second kappa shape index (κ2) is 10.5. The van der Waals surface area contributed by atoms with Gasteiger partial charge < -0.3 is 4.74 Å². The van der Waals surface area contributed by atoms with E-state index in [0.717, 1.165) is 12.2 Å². The molecule has 0 spiro atoms. The van der Waals surface area contributed by atoms with Crippen LogP contribution in [0.2, 0.25) is 0 Å². The largest absolute Gasteiger partial charge is 0.377 e. The summed E-state index contributed by atoms with van der Waals surface area (Å²) in [7, 11) is 0. The minimum Gasteiger partial charge on any atom is -0.377 e. The summed E-state index contributed by atoms with van der Waals surface area (Å²) in [6.07, 6.45) is 6.42. The van der Waals surface area contributed by atoms with E-state index in [1.807, 2.05) is 6.92 Å². The van der Waals surface area contributed by atoms with Crippen molar-refractivity contribution in [2.24, 2.45) is 5.92 Å². The molecular formula is C13H25ClO. The van der Waals surface area contributed by atoms with Gasteiger partial charge in [0.2, 0.25) is 0 Å². The maximum atomic E-state index is 5.89. The van der Waals surface area contributed by atoms with E-state index in [-0.39, 0.29) is 0 Å². The Bertz CT molecular complexity index is 157. The van der Waals surface area contributed by atoms with E-state index in [4.69, 9.17) is 16.3 Å². The normalized spacial score (nSPS) is 12.7. The smallest absolute Gasteiger partial charge is 0.0671 e. The zero-order valence-electron chi connectivity index (χ0n) is 10.2. The molecule has 0 aliphatic carbocycles. The number of alkyl halides is 1. The van der Waals surface area contributed by atoms with Crippen molar-refractivity contribution in [1.82, 2.24) is 0 Å². The van der Waals surface area contributed by atoms with E-state index in [1.165, 1.54) is 32.1 Å².